The Morgan fingerprint density at radius 3 is 3.00 bits per heavy atom. The van der Waals surface area contributed by atoms with Gasteiger partial charge in [0, 0.05) is 11.5 Å². The molecule has 1 aliphatic carbocycles. The predicted octanol–water partition coefficient (Wildman–Crippen LogP) is 2.14. The zero-order valence-corrected chi connectivity index (χ0v) is 12.2. The Balaban J connectivity index is 1.83. The third kappa shape index (κ3) is 2.20. The molecule has 1 aromatic heterocycles. The van der Waals surface area contributed by atoms with E-state index in [-0.39, 0.29) is 23.7 Å². The summed E-state index contributed by atoms with van der Waals surface area (Å²) in [5.41, 5.74) is -0.269. The molecule has 19 heavy (non-hydrogen) atoms. The van der Waals surface area contributed by atoms with E-state index < -0.39 is 0 Å². The van der Waals surface area contributed by atoms with Gasteiger partial charge >= 0.3 is 0 Å². The van der Waals surface area contributed by atoms with Crippen LogP contribution in [0.5, 0.6) is 0 Å². The third-order valence-electron chi connectivity index (χ3n) is 3.94. The number of hydrogen-bond donors (Lipinski definition) is 1. The molecule has 2 heterocycles. The van der Waals surface area contributed by atoms with Crippen LogP contribution in [0.2, 0.25) is 0 Å². The van der Waals surface area contributed by atoms with Crippen molar-refractivity contribution in [1.29, 1.82) is 0 Å². The van der Waals surface area contributed by atoms with Crippen LogP contribution in [0.15, 0.2) is 17.5 Å². The molecule has 104 valence electrons. The summed E-state index contributed by atoms with van der Waals surface area (Å²) in [4.78, 5) is 15.8. The van der Waals surface area contributed by atoms with Gasteiger partial charge in [-0.05, 0) is 38.1 Å². The van der Waals surface area contributed by atoms with Gasteiger partial charge < -0.3 is 9.64 Å². The molecular formula is C14H20N2O2S. The van der Waals surface area contributed by atoms with Crippen LogP contribution in [-0.2, 0) is 9.53 Å². The second kappa shape index (κ2) is 4.89. The number of nitrogens with one attached hydrogen (secondary N) is 1. The second-order valence-electron chi connectivity index (χ2n) is 5.37. The standard InChI is InChI=1S/C14H20N2O2S/c1-3-18-9-10(2)16-12(11-5-4-8-19-11)15-14(6-7-14)13(16)17/h4-5,8,10,12,15H,3,6-7,9H2,1-2H3. The largest absolute Gasteiger partial charge is 0.380 e. The van der Waals surface area contributed by atoms with Gasteiger partial charge in [-0.25, -0.2) is 0 Å². The molecule has 1 saturated carbocycles. The summed E-state index contributed by atoms with van der Waals surface area (Å²) < 4.78 is 5.49. The predicted molar refractivity (Wildman–Crippen MR) is 75.0 cm³/mol. The fraction of sp³-hybridized carbons (Fsp3) is 0.643. The van der Waals surface area contributed by atoms with Crippen LogP contribution in [0.1, 0.15) is 37.7 Å². The molecule has 2 aliphatic rings. The van der Waals surface area contributed by atoms with E-state index in [1.807, 2.05) is 17.9 Å². The van der Waals surface area contributed by atoms with E-state index in [0.717, 1.165) is 12.8 Å². The van der Waals surface area contributed by atoms with Gasteiger partial charge in [0.2, 0.25) is 5.91 Å². The van der Waals surface area contributed by atoms with Crippen molar-refractivity contribution in [3.8, 4) is 0 Å². The lowest BCUT2D eigenvalue weighted by Gasteiger charge is -2.29. The first kappa shape index (κ1) is 13.1. The minimum Gasteiger partial charge on any atom is -0.380 e. The normalized spacial score (nSPS) is 26.1. The van der Waals surface area contributed by atoms with E-state index in [2.05, 4.69) is 23.7 Å². The van der Waals surface area contributed by atoms with Gasteiger partial charge in [0.15, 0.2) is 0 Å². The molecule has 1 spiro atoms. The molecule has 1 N–H and O–H groups in total. The molecule has 0 radical (unpaired) electrons. The zero-order chi connectivity index (χ0) is 13.5. The van der Waals surface area contributed by atoms with Crippen molar-refractivity contribution in [3.63, 3.8) is 0 Å². The number of hydrogen-bond acceptors (Lipinski definition) is 4. The SMILES string of the molecule is CCOCC(C)N1C(=O)C2(CC2)NC1c1cccs1. The Bertz CT molecular complexity index is 456. The van der Waals surface area contributed by atoms with Crippen LogP contribution in [0.25, 0.3) is 0 Å². The molecule has 4 nitrogen and oxygen atoms in total. The van der Waals surface area contributed by atoms with Gasteiger partial charge in [-0.1, -0.05) is 6.07 Å². The fourth-order valence-electron chi connectivity index (χ4n) is 2.72. The number of carbonyl (C=O) groups excluding carboxylic acids is 1. The monoisotopic (exact) mass is 280 g/mol. The van der Waals surface area contributed by atoms with Crippen molar-refractivity contribution in [3.05, 3.63) is 22.4 Å². The van der Waals surface area contributed by atoms with E-state index in [9.17, 15) is 4.79 Å². The minimum absolute atomic E-state index is 0.0189. The van der Waals surface area contributed by atoms with E-state index in [4.69, 9.17) is 4.74 Å². The Kier molecular flexibility index (Phi) is 3.37. The highest BCUT2D eigenvalue weighted by molar-refractivity contribution is 7.10. The first-order valence-corrected chi connectivity index (χ1v) is 7.77. The molecule has 1 amide bonds. The van der Waals surface area contributed by atoms with Gasteiger partial charge in [-0.2, -0.15) is 0 Å². The third-order valence-corrected chi connectivity index (χ3v) is 4.86. The van der Waals surface area contributed by atoms with Crippen molar-refractivity contribution >= 4 is 17.2 Å². The smallest absolute Gasteiger partial charge is 0.244 e. The molecule has 1 aliphatic heterocycles. The Morgan fingerprint density at radius 2 is 2.42 bits per heavy atom. The van der Waals surface area contributed by atoms with Crippen molar-refractivity contribution in [2.45, 2.75) is 44.4 Å². The highest BCUT2D eigenvalue weighted by Gasteiger charge is 2.60. The van der Waals surface area contributed by atoms with Crippen LogP contribution in [0.4, 0.5) is 0 Å². The first-order valence-electron chi connectivity index (χ1n) is 6.89. The van der Waals surface area contributed by atoms with Gasteiger partial charge in [-0.3, -0.25) is 10.1 Å². The van der Waals surface area contributed by atoms with Crippen LogP contribution < -0.4 is 5.32 Å². The quantitative estimate of drug-likeness (QED) is 0.898. The average molecular weight is 280 g/mol. The molecular weight excluding hydrogens is 260 g/mol. The molecule has 3 rings (SSSR count). The molecule has 2 atom stereocenters. The van der Waals surface area contributed by atoms with E-state index in [0.29, 0.717) is 13.2 Å². The number of ether oxygens (including phenoxy) is 1. The topological polar surface area (TPSA) is 41.6 Å². The lowest BCUT2D eigenvalue weighted by molar-refractivity contribution is -0.134. The fourth-order valence-corrected chi connectivity index (χ4v) is 3.49. The highest BCUT2D eigenvalue weighted by Crippen LogP contribution is 2.47. The molecule has 1 saturated heterocycles. The van der Waals surface area contributed by atoms with Crippen LogP contribution in [-0.4, -0.2) is 35.6 Å². The molecule has 1 aromatic rings. The van der Waals surface area contributed by atoms with E-state index >= 15 is 0 Å². The summed E-state index contributed by atoms with van der Waals surface area (Å²) in [7, 11) is 0. The minimum atomic E-state index is -0.269. The lowest BCUT2D eigenvalue weighted by atomic mass is 10.2. The summed E-state index contributed by atoms with van der Waals surface area (Å²) >= 11 is 1.70. The Morgan fingerprint density at radius 1 is 1.63 bits per heavy atom. The second-order valence-corrected chi connectivity index (χ2v) is 6.34. The van der Waals surface area contributed by atoms with E-state index in [1.165, 1.54) is 4.88 Å². The maximum atomic E-state index is 12.6. The Labute approximate surface area is 117 Å². The summed E-state index contributed by atoms with van der Waals surface area (Å²) in [5, 5.41) is 5.59. The lowest BCUT2D eigenvalue weighted by Crippen LogP contribution is -2.41. The number of nitrogens with zero attached hydrogens (tertiary/aromatic N) is 1. The van der Waals surface area contributed by atoms with Crippen molar-refractivity contribution in [2.75, 3.05) is 13.2 Å². The van der Waals surface area contributed by atoms with Crippen LogP contribution in [0, 0.1) is 0 Å². The molecule has 5 heteroatoms. The number of rotatable bonds is 5. The van der Waals surface area contributed by atoms with Gasteiger partial charge in [0.25, 0.3) is 0 Å². The maximum absolute atomic E-state index is 12.6. The van der Waals surface area contributed by atoms with Crippen molar-refractivity contribution in [2.24, 2.45) is 0 Å². The van der Waals surface area contributed by atoms with Gasteiger partial charge in [0.1, 0.15) is 11.7 Å². The molecule has 0 aromatic carbocycles. The number of thiophene rings is 1. The zero-order valence-electron chi connectivity index (χ0n) is 11.4. The molecule has 2 fully saturated rings. The average Bonchev–Trinajstić information content (AvgIpc) is 2.87. The summed E-state index contributed by atoms with van der Waals surface area (Å²) in [6, 6.07) is 4.24. The highest BCUT2D eigenvalue weighted by atomic mass is 32.1. The number of carbonyl (C=O) groups is 1. The molecule has 0 bridgehead atoms. The maximum Gasteiger partial charge on any atom is 0.244 e. The van der Waals surface area contributed by atoms with Crippen molar-refractivity contribution < 1.29 is 9.53 Å². The number of amides is 1. The van der Waals surface area contributed by atoms with E-state index in [1.54, 1.807) is 11.3 Å². The van der Waals surface area contributed by atoms with Crippen LogP contribution in [0.3, 0.4) is 0 Å². The summed E-state index contributed by atoms with van der Waals surface area (Å²) in [5.74, 6) is 0.248. The first-order chi connectivity index (χ1) is 9.18. The van der Waals surface area contributed by atoms with Gasteiger partial charge in [-0.15, -0.1) is 11.3 Å². The van der Waals surface area contributed by atoms with Gasteiger partial charge in [0.05, 0.1) is 12.6 Å². The summed E-state index contributed by atoms with van der Waals surface area (Å²) in [6.45, 7) is 5.34. The Hall–Kier alpha value is -0.910. The molecule has 2 unspecified atom stereocenters. The van der Waals surface area contributed by atoms with Crippen molar-refractivity contribution in [1.82, 2.24) is 10.2 Å². The van der Waals surface area contributed by atoms with Crippen LogP contribution >= 0.6 is 11.3 Å². The summed E-state index contributed by atoms with van der Waals surface area (Å²) in [6.07, 6.45) is 1.95.